The van der Waals surface area contributed by atoms with Crippen molar-refractivity contribution in [1.29, 1.82) is 0 Å². The minimum absolute atomic E-state index is 0.190. The number of hydrogen-bond donors (Lipinski definition) is 1. The zero-order valence-corrected chi connectivity index (χ0v) is 12.1. The van der Waals surface area contributed by atoms with Gasteiger partial charge in [-0.25, -0.2) is 4.98 Å². The van der Waals surface area contributed by atoms with Crippen LogP contribution in [-0.4, -0.2) is 17.4 Å². The number of amides is 1. The van der Waals surface area contributed by atoms with E-state index in [-0.39, 0.29) is 11.9 Å². The number of hydrogen-bond acceptors (Lipinski definition) is 3. The summed E-state index contributed by atoms with van der Waals surface area (Å²) < 4.78 is 0. The second-order valence-electron chi connectivity index (χ2n) is 5.33. The molecule has 0 aliphatic carbocycles. The molecule has 0 unspecified atom stereocenters. The van der Waals surface area contributed by atoms with Gasteiger partial charge < -0.3 is 10.2 Å². The van der Waals surface area contributed by atoms with Gasteiger partial charge >= 0.3 is 0 Å². The van der Waals surface area contributed by atoms with Gasteiger partial charge in [0.15, 0.2) is 0 Å². The molecule has 21 heavy (non-hydrogen) atoms. The lowest BCUT2D eigenvalue weighted by atomic mass is 10.1. The normalized spacial score (nSPS) is 16.0. The van der Waals surface area contributed by atoms with E-state index in [2.05, 4.69) is 29.4 Å². The average Bonchev–Trinajstić information content (AvgIpc) is 2.95. The van der Waals surface area contributed by atoms with Gasteiger partial charge in [0.2, 0.25) is 5.91 Å². The average molecular weight is 281 g/mol. The first-order valence-corrected chi connectivity index (χ1v) is 7.32. The predicted molar refractivity (Wildman–Crippen MR) is 84.3 cm³/mol. The van der Waals surface area contributed by atoms with Crippen LogP contribution in [0.15, 0.2) is 48.7 Å². The first-order valence-electron chi connectivity index (χ1n) is 7.32. The van der Waals surface area contributed by atoms with Crippen LogP contribution in [0.1, 0.15) is 31.4 Å². The van der Waals surface area contributed by atoms with Gasteiger partial charge in [-0.05, 0) is 31.0 Å². The van der Waals surface area contributed by atoms with Crippen molar-refractivity contribution in [2.75, 3.05) is 16.8 Å². The number of aromatic nitrogens is 1. The van der Waals surface area contributed by atoms with Crippen LogP contribution in [0.4, 0.5) is 11.5 Å². The van der Waals surface area contributed by atoms with E-state index in [1.807, 2.05) is 30.3 Å². The summed E-state index contributed by atoms with van der Waals surface area (Å²) in [7, 11) is 0. The standard InChI is InChI=1S/C17H19N3O/c1-13(14-6-3-2-4-7-14)19-16-10-9-15(12-18-16)20-11-5-8-17(20)21/h2-4,6-7,9-10,12-13H,5,8,11H2,1H3,(H,18,19)/t13-/m1/s1. The van der Waals surface area contributed by atoms with Gasteiger partial charge in [0, 0.05) is 19.0 Å². The van der Waals surface area contributed by atoms with Gasteiger partial charge in [-0.2, -0.15) is 0 Å². The van der Waals surface area contributed by atoms with Crippen LogP contribution < -0.4 is 10.2 Å². The zero-order valence-electron chi connectivity index (χ0n) is 12.1. The number of benzene rings is 1. The maximum Gasteiger partial charge on any atom is 0.227 e. The molecule has 2 aromatic rings. The molecule has 4 nitrogen and oxygen atoms in total. The highest BCUT2D eigenvalue weighted by molar-refractivity contribution is 5.95. The van der Waals surface area contributed by atoms with Crippen LogP contribution in [0, 0.1) is 0 Å². The molecule has 1 amide bonds. The van der Waals surface area contributed by atoms with Gasteiger partial charge in [-0.3, -0.25) is 4.79 Å². The second kappa shape index (κ2) is 5.95. The topological polar surface area (TPSA) is 45.2 Å². The maximum atomic E-state index is 11.7. The summed E-state index contributed by atoms with van der Waals surface area (Å²) in [5.74, 6) is 1.01. The Balaban J connectivity index is 1.68. The summed E-state index contributed by atoms with van der Waals surface area (Å²) in [6, 6.07) is 14.3. The zero-order chi connectivity index (χ0) is 14.7. The van der Waals surface area contributed by atoms with E-state index >= 15 is 0 Å². The lowest BCUT2D eigenvalue weighted by Crippen LogP contribution is -2.23. The van der Waals surface area contributed by atoms with E-state index in [1.165, 1.54) is 5.56 Å². The molecule has 2 heterocycles. The van der Waals surface area contributed by atoms with E-state index in [0.29, 0.717) is 6.42 Å². The lowest BCUT2D eigenvalue weighted by molar-refractivity contribution is -0.117. The third kappa shape index (κ3) is 3.05. The molecule has 1 aliphatic heterocycles. The summed E-state index contributed by atoms with van der Waals surface area (Å²) in [5.41, 5.74) is 2.11. The summed E-state index contributed by atoms with van der Waals surface area (Å²) in [4.78, 5) is 17.9. The van der Waals surface area contributed by atoms with Gasteiger partial charge in [0.05, 0.1) is 11.9 Å². The Labute approximate surface area is 124 Å². The Morgan fingerprint density at radius 2 is 2.00 bits per heavy atom. The number of rotatable bonds is 4. The molecule has 3 rings (SSSR count). The number of carbonyl (C=O) groups is 1. The monoisotopic (exact) mass is 281 g/mol. The first-order chi connectivity index (χ1) is 10.2. The van der Waals surface area contributed by atoms with Crippen LogP contribution in [-0.2, 0) is 4.79 Å². The van der Waals surface area contributed by atoms with Gasteiger partial charge in [0.25, 0.3) is 0 Å². The maximum absolute atomic E-state index is 11.7. The molecule has 0 bridgehead atoms. The summed E-state index contributed by atoms with van der Waals surface area (Å²) >= 11 is 0. The molecule has 1 aromatic heterocycles. The molecular formula is C17H19N3O. The van der Waals surface area contributed by atoms with Gasteiger partial charge in [0.1, 0.15) is 5.82 Å². The molecule has 0 saturated carbocycles. The number of nitrogens with one attached hydrogen (secondary N) is 1. The third-order valence-electron chi connectivity index (χ3n) is 3.80. The molecule has 108 valence electrons. The smallest absolute Gasteiger partial charge is 0.227 e. The van der Waals surface area contributed by atoms with Crippen molar-refractivity contribution in [1.82, 2.24) is 4.98 Å². The van der Waals surface area contributed by atoms with Crippen molar-refractivity contribution in [3.05, 3.63) is 54.2 Å². The highest BCUT2D eigenvalue weighted by atomic mass is 16.2. The predicted octanol–water partition coefficient (Wildman–Crippen LogP) is 3.38. The van der Waals surface area contributed by atoms with Crippen LogP contribution in [0.2, 0.25) is 0 Å². The Morgan fingerprint density at radius 1 is 1.19 bits per heavy atom. The molecule has 1 fully saturated rings. The van der Waals surface area contributed by atoms with E-state index in [0.717, 1.165) is 24.5 Å². The fourth-order valence-corrected chi connectivity index (χ4v) is 2.60. The SMILES string of the molecule is C[C@@H](Nc1ccc(N2CCCC2=O)cn1)c1ccccc1. The summed E-state index contributed by atoms with van der Waals surface area (Å²) in [5, 5.41) is 3.37. The minimum atomic E-state index is 0.190. The number of pyridine rings is 1. The molecule has 1 saturated heterocycles. The Hall–Kier alpha value is -2.36. The lowest BCUT2D eigenvalue weighted by Gasteiger charge is -2.17. The quantitative estimate of drug-likeness (QED) is 0.934. The van der Waals surface area contributed by atoms with Crippen LogP contribution in [0.3, 0.4) is 0 Å². The molecule has 0 spiro atoms. The second-order valence-corrected chi connectivity index (χ2v) is 5.33. The molecule has 1 atom stereocenters. The molecular weight excluding hydrogens is 262 g/mol. The van der Waals surface area contributed by atoms with E-state index in [4.69, 9.17) is 0 Å². The van der Waals surface area contributed by atoms with Crippen molar-refractivity contribution in [2.45, 2.75) is 25.8 Å². The van der Waals surface area contributed by atoms with Crippen LogP contribution in [0.5, 0.6) is 0 Å². The van der Waals surface area contributed by atoms with Crippen molar-refractivity contribution < 1.29 is 4.79 Å². The van der Waals surface area contributed by atoms with Crippen molar-refractivity contribution in [2.24, 2.45) is 0 Å². The number of nitrogens with zero attached hydrogens (tertiary/aromatic N) is 2. The van der Waals surface area contributed by atoms with E-state index < -0.39 is 0 Å². The highest BCUT2D eigenvalue weighted by Crippen LogP contribution is 2.23. The largest absolute Gasteiger partial charge is 0.364 e. The Morgan fingerprint density at radius 3 is 2.62 bits per heavy atom. The van der Waals surface area contributed by atoms with Gasteiger partial charge in [-0.15, -0.1) is 0 Å². The molecule has 1 aliphatic rings. The van der Waals surface area contributed by atoms with Crippen molar-refractivity contribution in [3.8, 4) is 0 Å². The Kier molecular flexibility index (Phi) is 3.86. The van der Waals surface area contributed by atoms with E-state index in [9.17, 15) is 4.79 Å². The molecule has 0 radical (unpaired) electrons. The number of carbonyl (C=O) groups excluding carboxylic acids is 1. The Bertz CT molecular complexity index is 610. The molecule has 1 aromatic carbocycles. The van der Waals surface area contributed by atoms with E-state index in [1.54, 1.807) is 11.1 Å². The van der Waals surface area contributed by atoms with Crippen LogP contribution >= 0.6 is 0 Å². The molecule has 1 N–H and O–H groups in total. The van der Waals surface area contributed by atoms with Crippen molar-refractivity contribution >= 4 is 17.4 Å². The minimum Gasteiger partial charge on any atom is -0.364 e. The summed E-state index contributed by atoms with van der Waals surface area (Å²) in [6.45, 7) is 2.91. The first kappa shape index (κ1) is 13.6. The third-order valence-corrected chi connectivity index (χ3v) is 3.80. The fourth-order valence-electron chi connectivity index (χ4n) is 2.60. The number of anilines is 2. The van der Waals surface area contributed by atoms with Gasteiger partial charge in [-0.1, -0.05) is 30.3 Å². The summed E-state index contributed by atoms with van der Waals surface area (Å²) in [6.07, 6.45) is 3.35. The highest BCUT2D eigenvalue weighted by Gasteiger charge is 2.21. The van der Waals surface area contributed by atoms with Crippen LogP contribution in [0.25, 0.3) is 0 Å². The molecule has 4 heteroatoms. The van der Waals surface area contributed by atoms with Crippen molar-refractivity contribution in [3.63, 3.8) is 0 Å². The fraction of sp³-hybridized carbons (Fsp3) is 0.294.